The molecule has 5 nitrogen and oxygen atoms in total. The van der Waals surface area contributed by atoms with Crippen molar-refractivity contribution in [1.82, 2.24) is 15.1 Å². The van der Waals surface area contributed by atoms with Gasteiger partial charge in [0.1, 0.15) is 0 Å². The summed E-state index contributed by atoms with van der Waals surface area (Å²) in [5.74, 6) is 0.114. The summed E-state index contributed by atoms with van der Waals surface area (Å²) in [6.45, 7) is 4.65. The van der Waals surface area contributed by atoms with Gasteiger partial charge in [-0.3, -0.25) is 9.69 Å². The van der Waals surface area contributed by atoms with Crippen LogP contribution in [0.15, 0.2) is 60.7 Å². The Hall–Kier alpha value is -2.44. The number of carbonyl (C=O) groups excluding carboxylic acids is 1. The van der Waals surface area contributed by atoms with E-state index in [0.717, 1.165) is 49.9 Å². The number of benzene rings is 2. The minimum absolute atomic E-state index is 0.114. The van der Waals surface area contributed by atoms with Gasteiger partial charge in [0.15, 0.2) is 5.11 Å². The largest absolute Gasteiger partial charge is 0.362 e. The van der Waals surface area contributed by atoms with Crippen LogP contribution >= 0.6 is 12.2 Å². The first kappa shape index (κ1) is 20.3. The average Bonchev–Trinajstić information content (AvgIpc) is 2.75. The highest BCUT2D eigenvalue weighted by atomic mass is 32.1. The Balaban J connectivity index is 1.38. The Bertz CT molecular complexity index is 761. The lowest BCUT2D eigenvalue weighted by atomic mass is 10.1. The lowest BCUT2D eigenvalue weighted by Gasteiger charge is -2.36. The maximum Gasteiger partial charge on any atom is 0.240 e. The maximum absolute atomic E-state index is 12.5. The number of nitrogens with zero attached hydrogens (tertiary/aromatic N) is 3. The van der Waals surface area contributed by atoms with Crippen LogP contribution in [0.4, 0.5) is 5.69 Å². The predicted octanol–water partition coefficient (Wildman–Crippen LogP) is 2.38. The van der Waals surface area contributed by atoms with Crippen molar-refractivity contribution in [3.63, 3.8) is 0 Å². The molecule has 0 aliphatic carbocycles. The van der Waals surface area contributed by atoms with Crippen molar-refractivity contribution >= 4 is 28.9 Å². The van der Waals surface area contributed by atoms with Crippen molar-refractivity contribution in [3.8, 4) is 0 Å². The normalized spacial score (nSPS) is 14.5. The molecule has 0 saturated carbocycles. The molecule has 0 aromatic heterocycles. The summed E-state index contributed by atoms with van der Waals surface area (Å²) in [5, 5.41) is 4.17. The van der Waals surface area contributed by atoms with Gasteiger partial charge in [-0.1, -0.05) is 48.5 Å². The predicted molar refractivity (Wildman–Crippen MR) is 119 cm³/mol. The van der Waals surface area contributed by atoms with Crippen LogP contribution in [-0.4, -0.2) is 67.1 Å². The second-order valence-corrected chi connectivity index (χ2v) is 7.41. The summed E-state index contributed by atoms with van der Waals surface area (Å²) in [5.41, 5.74) is 2.23. The summed E-state index contributed by atoms with van der Waals surface area (Å²) < 4.78 is 0. The molecule has 0 atom stereocenters. The molecule has 6 heteroatoms. The van der Waals surface area contributed by atoms with E-state index >= 15 is 0 Å². The fourth-order valence-electron chi connectivity index (χ4n) is 3.27. The Labute approximate surface area is 172 Å². The number of anilines is 1. The summed E-state index contributed by atoms with van der Waals surface area (Å²) >= 11 is 5.54. The molecule has 1 saturated heterocycles. The average molecular weight is 397 g/mol. The molecule has 1 N–H and O–H groups in total. The quantitative estimate of drug-likeness (QED) is 0.759. The van der Waals surface area contributed by atoms with Crippen molar-refractivity contribution in [2.45, 2.75) is 6.42 Å². The van der Waals surface area contributed by atoms with Crippen LogP contribution in [0.1, 0.15) is 5.56 Å². The molecule has 3 rings (SSSR count). The van der Waals surface area contributed by atoms with E-state index in [0.29, 0.717) is 6.54 Å². The molecule has 28 heavy (non-hydrogen) atoms. The molecular weight excluding hydrogens is 368 g/mol. The molecule has 2 aromatic carbocycles. The molecule has 0 spiro atoms. The van der Waals surface area contributed by atoms with Crippen molar-refractivity contribution in [3.05, 3.63) is 66.2 Å². The minimum Gasteiger partial charge on any atom is -0.362 e. The fourth-order valence-corrected chi connectivity index (χ4v) is 3.56. The van der Waals surface area contributed by atoms with Crippen molar-refractivity contribution in [1.29, 1.82) is 0 Å². The number of nitrogens with one attached hydrogen (secondary N) is 1. The first-order valence-electron chi connectivity index (χ1n) is 9.74. The number of piperazine rings is 1. The number of para-hydroxylation sites is 1. The number of thiocarbonyl (C=S) groups is 1. The topological polar surface area (TPSA) is 38.8 Å². The summed E-state index contributed by atoms with van der Waals surface area (Å²) in [6.07, 6.45) is 0.960. The Kier molecular flexibility index (Phi) is 7.39. The van der Waals surface area contributed by atoms with Gasteiger partial charge >= 0.3 is 0 Å². The molecule has 1 amide bonds. The third-order valence-corrected chi connectivity index (χ3v) is 5.47. The number of amides is 1. The van der Waals surface area contributed by atoms with Crippen LogP contribution in [0.3, 0.4) is 0 Å². The standard InChI is InChI=1S/C22H28N4OS/c1-24(20-10-6-3-7-11-20)21(27)18-25-14-16-26(17-15-25)22(28)23-13-12-19-8-4-2-5-9-19/h2-11H,12-18H2,1H3,(H,23,28). The molecule has 1 aliphatic rings. The first-order chi connectivity index (χ1) is 13.6. The van der Waals surface area contributed by atoms with E-state index in [9.17, 15) is 4.79 Å². The van der Waals surface area contributed by atoms with Crippen LogP contribution in [0.2, 0.25) is 0 Å². The molecule has 1 aliphatic heterocycles. The van der Waals surface area contributed by atoms with Gasteiger partial charge in [0.05, 0.1) is 6.54 Å². The van der Waals surface area contributed by atoms with E-state index in [-0.39, 0.29) is 5.91 Å². The Morgan fingerprint density at radius 1 is 1.00 bits per heavy atom. The monoisotopic (exact) mass is 396 g/mol. The molecule has 1 heterocycles. The van der Waals surface area contributed by atoms with E-state index in [1.165, 1.54) is 5.56 Å². The smallest absolute Gasteiger partial charge is 0.240 e. The number of rotatable bonds is 6. The zero-order chi connectivity index (χ0) is 19.8. The van der Waals surface area contributed by atoms with E-state index in [1.807, 2.05) is 43.4 Å². The van der Waals surface area contributed by atoms with Gasteiger partial charge in [-0.05, 0) is 36.3 Å². The Morgan fingerprint density at radius 3 is 2.25 bits per heavy atom. The molecule has 0 radical (unpaired) electrons. The lowest BCUT2D eigenvalue weighted by Crippen LogP contribution is -2.53. The zero-order valence-corrected chi connectivity index (χ0v) is 17.2. The molecular formula is C22H28N4OS. The second kappa shape index (κ2) is 10.2. The third kappa shape index (κ3) is 5.78. The molecule has 0 unspecified atom stereocenters. The van der Waals surface area contributed by atoms with Crippen LogP contribution in [0, 0.1) is 0 Å². The van der Waals surface area contributed by atoms with Crippen molar-refractivity contribution < 1.29 is 4.79 Å². The van der Waals surface area contributed by atoms with Gasteiger partial charge in [0.2, 0.25) is 5.91 Å². The van der Waals surface area contributed by atoms with Crippen LogP contribution in [0.25, 0.3) is 0 Å². The molecule has 2 aromatic rings. The minimum atomic E-state index is 0.114. The van der Waals surface area contributed by atoms with E-state index < -0.39 is 0 Å². The van der Waals surface area contributed by atoms with E-state index in [1.54, 1.807) is 4.90 Å². The Morgan fingerprint density at radius 2 is 1.61 bits per heavy atom. The third-order valence-electron chi connectivity index (χ3n) is 5.07. The van der Waals surface area contributed by atoms with Gasteiger partial charge in [-0.2, -0.15) is 0 Å². The zero-order valence-electron chi connectivity index (χ0n) is 16.4. The number of hydrogen-bond acceptors (Lipinski definition) is 3. The fraction of sp³-hybridized carbons (Fsp3) is 0.364. The molecule has 1 fully saturated rings. The van der Waals surface area contributed by atoms with Gasteiger partial charge in [0, 0.05) is 45.5 Å². The van der Waals surface area contributed by atoms with Crippen molar-refractivity contribution in [2.24, 2.45) is 0 Å². The van der Waals surface area contributed by atoms with Gasteiger partial charge < -0.3 is 15.1 Å². The summed E-state index contributed by atoms with van der Waals surface area (Å²) in [6, 6.07) is 20.2. The second-order valence-electron chi connectivity index (χ2n) is 7.02. The van der Waals surface area contributed by atoms with Crippen LogP contribution in [0.5, 0.6) is 0 Å². The van der Waals surface area contributed by atoms with Gasteiger partial charge in [-0.25, -0.2) is 0 Å². The highest BCUT2D eigenvalue weighted by Gasteiger charge is 2.22. The maximum atomic E-state index is 12.5. The van der Waals surface area contributed by atoms with Crippen LogP contribution in [-0.2, 0) is 11.2 Å². The van der Waals surface area contributed by atoms with Crippen LogP contribution < -0.4 is 10.2 Å². The number of likely N-dealkylation sites (N-methyl/N-ethyl adjacent to an activating group) is 1. The summed E-state index contributed by atoms with van der Waals surface area (Å²) in [7, 11) is 1.83. The highest BCUT2D eigenvalue weighted by Crippen LogP contribution is 2.12. The first-order valence-corrected chi connectivity index (χ1v) is 10.1. The molecule has 0 bridgehead atoms. The lowest BCUT2D eigenvalue weighted by molar-refractivity contribution is -0.119. The van der Waals surface area contributed by atoms with Gasteiger partial charge in [0.25, 0.3) is 0 Å². The summed E-state index contributed by atoms with van der Waals surface area (Å²) in [4.78, 5) is 18.7. The van der Waals surface area contributed by atoms with E-state index in [2.05, 4.69) is 39.4 Å². The highest BCUT2D eigenvalue weighted by molar-refractivity contribution is 7.80. The molecule has 148 valence electrons. The number of carbonyl (C=O) groups is 1. The van der Waals surface area contributed by atoms with Crippen molar-refractivity contribution in [2.75, 3.05) is 51.2 Å². The van der Waals surface area contributed by atoms with Gasteiger partial charge in [-0.15, -0.1) is 0 Å². The number of hydrogen-bond donors (Lipinski definition) is 1. The SMILES string of the molecule is CN(C(=O)CN1CCN(C(=S)NCCc2ccccc2)CC1)c1ccccc1. The van der Waals surface area contributed by atoms with E-state index in [4.69, 9.17) is 12.2 Å².